The SMILES string of the molecule is Cc1ccc(S(=O)(=O)OCc2ccccc2N=O)cc1. The van der Waals surface area contributed by atoms with Crippen molar-refractivity contribution in [1.82, 2.24) is 0 Å². The Kier molecular flexibility index (Phi) is 4.26. The van der Waals surface area contributed by atoms with Crippen LogP contribution in [-0.2, 0) is 20.9 Å². The first kappa shape index (κ1) is 14.4. The zero-order valence-corrected chi connectivity index (χ0v) is 11.6. The lowest BCUT2D eigenvalue weighted by Gasteiger charge is -2.07. The lowest BCUT2D eigenvalue weighted by molar-refractivity contribution is 0.308. The lowest BCUT2D eigenvalue weighted by Crippen LogP contribution is -2.06. The van der Waals surface area contributed by atoms with Crippen molar-refractivity contribution in [3.8, 4) is 0 Å². The molecule has 2 aromatic rings. The van der Waals surface area contributed by atoms with Gasteiger partial charge in [-0.25, -0.2) is 0 Å². The van der Waals surface area contributed by atoms with E-state index in [-0.39, 0.29) is 17.2 Å². The van der Waals surface area contributed by atoms with Crippen LogP contribution < -0.4 is 0 Å². The Balaban J connectivity index is 2.17. The molecule has 6 heteroatoms. The minimum atomic E-state index is -3.84. The molecule has 0 fully saturated rings. The summed E-state index contributed by atoms with van der Waals surface area (Å²) >= 11 is 0. The van der Waals surface area contributed by atoms with Gasteiger partial charge in [0.2, 0.25) is 0 Å². The summed E-state index contributed by atoms with van der Waals surface area (Å²) in [5, 5.41) is 2.83. The van der Waals surface area contributed by atoms with E-state index in [2.05, 4.69) is 5.18 Å². The van der Waals surface area contributed by atoms with Crippen LogP contribution in [0.4, 0.5) is 5.69 Å². The summed E-state index contributed by atoms with van der Waals surface area (Å²) in [6.45, 7) is 1.64. The van der Waals surface area contributed by atoms with E-state index >= 15 is 0 Å². The van der Waals surface area contributed by atoms with Gasteiger partial charge in [-0.3, -0.25) is 4.18 Å². The average Bonchev–Trinajstić information content (AvgIpc) is 2.46. The third kappa shape index (κ3) is 3.28. The fourth-order valence-electron chi connectivity index (χ4n) is 1.64. The quantitative estimate of drug-likeness (QED) is 0.626. The Bertz CT molecular complexity index is 708. The number of rotatable bonds is 5. The number of hydrogen-bond donors (Lipinski definition) is 0. The predicted octanol–water partition coefficient (Wildman–Crippen LogP) is 3.30. The molecule has 0 aliphatic rings. The van der Waals surface area contributed by atoms with Crippen LogP contribution in [0.5, 0.6) is 0 Å². The van der Waals surface area contributed by atoms with Crippen LogP contribution >= 0.6 is 0 Å². The first-order chi connectivity index (χ1) is 9.53. The summed E-state index contributed by atoms with van der Waals surface area (Å²) in [5.74, 6) is 0. The molecule has 0 unspecified atom stereocenters. The van der Waals surface area contributed by atoms with E-state index in [1.807, 2.05) is 6.92 Å². The number of nitroso groups, excluding NO2 is 1. The van der Waals surface area contributed by atoms with Crippen molar-refractivity contribution in [3.63, 3.8) is 0 Å². The zero-order chi connectivity index (χ0) is 14.6. The summed E-state index contributed by atoms with van der Waals surface area (Å²) in [4.78, 5) is 10.7. The van der Waals surface area contributed by atoms with Crippen LogP contribution in [0, 0.1) is 11.8 Å². The molecule has 0 aliphatic heterocycles. The first-order valence-corrected chi connectivity index (χ1v) is 7.31. The number of hydrogen-bond acceptors (Lipinski definition) is 5. The van der Waals surface area contributed by atoms with Gasteiger partial charge in [0.15, 0.2) is 0 Å². The van der Waals surface area contributed by atoms with E-state index in [9.17, 15) is 13.3 Å². The largest absolute Gasteiger partial charge is 0.297 e. The molecule has 2 rings (SSSR count). The Morgan fingerprint density at radius 3 is 2.35 bits per heavy atom. The van der Waals surface area contributed by atoms with Gasteiger partial charge in [-0.2, -0.15) is 8.42 Å². The van der Waals surface area contributed by atoms with E-state index in [0.717, 1.165) is 5.56 Å². The molecule has 0 amide bonds. The summed E-state index contributed by atoms with van der Waals surface area (Å²) in [7, 11) is -3.84. The molecular weight excluding hydrogens is 278 g/mol. The summed E-state index contributed by atoms with van der Waals surface area (Å²) in [6.07, 6.45) is 0. The molecule has 0 saturated heterocycles. The normalized spacial score (nSPS) is 11.2. The fraction of sp³-hybridized carbons (Fsp3) is 0.143. The van der Waals surface area contributed by atoms with E-state index in [1.54, 1.807) is 30.3 Å². The average molecular weight is 291 g/mol. The van der Waals surface area contributed by atoms with Crippen LogP contribution in [-0.4, -0.2) is 8.42 Å². The van der Waals surface area contributed by atoms with Gasteiger partial charge < -0.3 is 0 Å². The van der Waals surface area contributed by atoms with Gasteiger partial charge >= 0.3 is 0 Å². The highest BCUT2D eigenvalue weighted by Crippen LogP contribution is 2.21. The second-order valence-electron chi connectivity index (χ2n) is 4.25. The highest BCUT2D eigenvalue weighted by Gasteiger charge is 2.16. The Hall–Kier alpha value is -2.05. The van der Waals surface area contributed by atoms with Crippen molar-refractivity contribution in [3.05, 3.63) is 64.6 Å². The number of aryl methyl sites for hydroxylation is 1. The Labute approximate surface area is 117 Å². The van der Waals surface area contributed by atoms with Crippen molar-refractivity contribution in [2.45, 2.75) is 18.4 Å². The summed E-state index contributed by atoms with van der Waals surface area (Å²) in [6, 6.07) is 12.8. The monoisotopic (exact) mass is 291 g/mol. The Morgan fingerprint density at radius 1 is 1.05 bits per heavy atom. The van der Waals surface area contributed by atoms with E-state index in [0.29, 0.717) is 5.56 Å². The highest BCUT2D eigenvalue weighted by atomic mass is 32.2. The molecule has 104 valence electrons. The molecule has 20 heavy (non-hydrogen) atoms. The molecule has 0 aromatic heterocycles. The van der Waals surface area contributed by atoms with Crippen LogP contribution in [0.2, 0.25) is 0 Å². The zero-order valence-electron chi connectivity index (χ0n) is 10.8. The maximum atomic E-state index is 12.0. The molecule has 0 atom stereocenters. The second-order valence-corrected chi connectivity index (χ2v) is 5.86. The maximum Gasteiger partial charge on any atom is 0.297 e. The van der Waals surface area contributed by atoms with Gasteiger partial charge in [0.25, 0.3) is 10.1 Å². The summed E-state index contributed by atoms with van der Waals surface area (Å²) < 4.78 is 28.9. The number of nitrogens with zero attached hydrogens (tertiary/aromatic N) is 1. The molecule has 0 radical (unpaired) electrons. The third-order valence-electron chi connectivity index (χ3n) is 2.77. The van der Waals surface area contributed by atoms with Crippen molar-refractivity contribution in [2.75, 3.05) is 0 Å². The molecule has 5 nitrogen and oxygen atoms in total. The molecule has 0 heterocycles. The van der Waals surface area contributed by atoms with Gasteiger partial charge in [0.05, 0.1) is 11.5 Å². The molecule has 0 spiro atoms. The molecule has 0 bridgehead atoms. The summed E-state index contributed by atoms with van der Waals surface area (Å²) in [5.41, 5.74) is 1.56. The van der Waals surface area contributed by atoms with Gasteiger partial charge in [-0.15, -0.1) is 4.91 Å². The van der Waals surface area contributed by atoms with Gasteiger partial charge in [0, 0.05) is 5.56 Å². The topological polar surface area (TPSA) is 72.8 Å². The van der Waals surface area contributed by atoms with Gasteiger partial charge in [0.1, 0.15) is 5.69 Å². The van der Waals surface area contributed by atoms with E-state index in [4.69, 9.17) is 4.18 Å². The van der Waals surface area contributed by atoms with Crippen molar-refractivity contribution >= 4 is 15.8 Å². The molecule has 0 aliphatic carbocycles. The highest BCUT2D eigenvalue weighted by molar-refractivity contribution is 7.86. The molecule has 2 aromatic carbocycles. The first-order valence-electron chi connectivity index (χ1n) is 5.90. The van der Waals surface area contributed by atoms with Crippen molar-refractivity contribution in [2.24, 2.45) is 5.18 Å². The molecular formula is C14H13NO4S. The van der Waals surface area contributed by atoms with Gasteiger partial charge in [-0.05, 0) is 30.3 Å². The van der Waals surface area contributed by atoms with Crippen molar-refractivity contribution < 1.29 is 12.6 Å². The minimum Gasteiger partial charge on any atom is -0.261 e. The lowest BCUT2D eigenvalue weighted by atomic mass is 10.2. The van der Waals surface area contributed by atoms with E-state index < -0.39 is 10.1 Å². The van der Waals surface area contributed by atoms with Crippen LogP contribution in [0.25, 0.3) is 0 Å². The second kappa shape index (κ2) is 5.94. The Morgan fingerprint density at radius 2 is 1.70 bits per heavy atom. The molecule has 0 N–H and O–H groups in total. The maximum absolute atomic E-state index is 12.0. The fourth-order valence-corrected chi connectivity index (χ4v) is 2.52. The van der Waals surface area contributed by atoms with E-state index in [1.165, 1.54) is 18.2 Å². The van der Waals surface area contributed by atoms with Crippen LogP contribution in [0.15, 0.2) is 58.6 Å². The van der Waals surface area contributed by atoms with Gasteiger partial charge in [-0.1, -0.05) is 35.9 Å². The predicted molar refractivity (Wildman–Crippen MR) is 75.1 cm³/mol. The number of benzene rings is 2. The molecule has 0 saturated carbocycles. The van der Waals surface area contributed by atoms with Crippen LogP contribution in [0.1, 0.15) is 11.1 Å². The smallest absolute Gasteiger partial charge is 0.261 e. The standard InChI is InChI=1S/C14H13NO4S/c1-11-6-8-13(9-7-11)20(17,18)19-10-12-4-2-3-5-14(12)15-16/h2-9H,10H2,1H3. The van der Waals surface area contributed by atoms with Crippen molar-refractivity contribution in [1.29, 1.82) is 0 Å². The third-order valence-corrected chi connectivity index (χ3v) is 4.05. The minimum absolute atomic E-state index is 0.0830. The van der Waals surface area contributed by atoms with Crippen LogP contribution in [0.3, 0.4) is 0 Å².